The first-order valence-corrected chi connectivity index (χ1v) is 9.15. The van der Waals surface area contributed by atoms with Crippen molar-refractivity contribution in [2.75, 3.05) is 5.32 Å². The first-order valence-electron chi connectivity index (χ1n) is 8.33. The van der Waals surface area contributed by atoms with Crippen molar-refractivity contribution < 1.29 is 5.11 Å². The van der Waals surface area contributed by atoms with E-state index in [9.17, 15) is 5.11 Å². The second-order valence-corrected chi connectivity index (χ2v) is 7.52. The van der Waals surface area contributed by atoms with Crippen molar-refractivity contribution in [2.24, 2.45) is 0 Å². The Kier molecular flexibility index (Phi) is 5.32. The van der Waals surface area contributed by atoms with Crippen molar-refractivity contribution in [3.63, 3.8) is 0 Å². The molecule has 0 radical (unpaired) electrons. The molecule has 0 saturated carbocycles. The number of aliphatic hydroxyl groups is 1. The van der Waals surface area contributed by atoms with Crippen LogP contribution in [0.3, 0.4) is 0 Å². The van der Waals surface area contributed by atoms with Crippen molar-refractivity contribution in [1.29, 1.82) is 0 Å². The van der Waals surface area contributed by atoms with Crippen LogP contribution in [0.5, 0.6) is 0 Å². The highest BCUT2D eigenvalue weighted by atomic mass is 35.5. The number of hydrogen-bond acceptors (Lipinski definition) is 5. The van der Waals surface area contributed by atoms with Crippen LogP contribution in [-0.4, -0.2) is 25.6 Å². The lowest BCUT2D eigenvalue weighted by molar-refractivity contribution is 0.0687. The molecule has 0 aliphatic carbocycles. The highest BCUT2D eigenvalue weighted by Gasteiger charge is 2.19. The van der Waals surface area contributed by atoms with E-state index in [2.05, 4.69) is 20.3 Å². The molecule has 0 amide bonds. The van der Waals surface area contributed by atoms with Crippen LogP contribution in [-0.2, 0) is 5.60 Å². The van der Waals surface area contributed by atoms with Gasteiger partial charge in [-0.1, -0.05) is 36.2 Å². The predicted molar refractivity (Wildman–Crippen MR) is 107 cm³/mol. The predicted octanol–water partition coefficient (Wildman–Crippen LogP) is 4.96. The second-order valence-electron chi connectivity index (χ2n) is 6.59. The third-order valence-electron chi connectivity index (χ3n) is 4.01. The summed E-state index contributed by atoms with van der Waals surface area (Å²) in [6.45, 7) is 5.30. The standard InChI is InChI=1S/C19H20Cl2N4O/c1-4-16(21)25-17-13-7-11(5-6-15(13)22-10-14(17)20)12-8-23-18(24-9-12)19(2,3)26/h5-10,16,26H,4H2,1-3H3,(H,22,25). The Hall–Kier alpha value is -1.95. The molecule has 7 heteroatoms. The average Bonchev–Trinajstić information content (AvgIpc) is 2.63. The summed E-state index contributed by atoms with van der Waals surface area (Å²) in [6.07, 6.45) is 5.77. The lowest BCUT2D eigenvalue weighted by atomic mass is 10.0. The van der Waals surface area contributed by atoms with E-state index in [1.807, 2.05) is 25.1 Å². The highest BCUT2D eigenvalue weighted by Crippen LogP contribution is 2.33. The van der Waals surface area contributed by atoms with E-state index in [0.29, 0.717) is 10.8 Å². The van der Waals surface area contributed by atoms with Crippen LogP contribution >= 0.6 is 23.2 Å². The van der Waals surface area contributed by atoms with Gasteiger partial charge in [0.25, 0.3) is 0 Å². The van der Waals surface area contributed by atoms with Gasteiger partial charge in [-0.3, -0.25) is 4.98 Å². The van der Waals surface area contributed by atoms with E-state index in [-0.39, 0.29) is 5.50 Å². The van der Waals surface area contributed by atoms with Crippen molar-refractivity contribution in [3.05, 3.63) is 47.6 Å². The molecule has 0 fully saturated rings. The van der Waals surface area contributed by atoms with Gasteiger partial charge >= 0.3 is 0 Å². The molecule has 1 atom stereocenters. The number of aromatic nitrogens is 3. The fraction of sp³-hybridized carbons (Fsp3) is 0.316. The average molecular weight is 391 g/mol. The van der Waals surface area contributed by atoms with Crippen molar-refractivity contribution in [2.45, 2.75) is 38.3 Å². The van der Waals surface area contributed by atoms with Crippen LogP contribution in [0.4, 0.5) is 5.69 Å². The molecule has 2 heterocycles. The minimum atomic E-state index is -1.08. The highest BCUT2D eigenvalue weighted by molar-refractivity contribution is 6.35. The summed E-state index contributed by atoms with van der Waals surface area (Å²) in [5, 5.41) is 14.6. The molecule has 3 aromatic rings. The minimum Gasteiger partial charge on any atom is -0.382 e. The molecule has 2 aromatic heterocycles. The van der Waals surface area contributed by atoms with Crippen LogP contribution in [0.25, 0.3) is 22.0 Å². The number of halogens is 2. The summed E-state index contributed by atoms with van der Waals surface area (Å²) in [5.41, 5.74) is 2.03. The Morgan fingerprint density at radius 1 is 1.12 bits per heavy atom. The Bertz CT molecular complexity index is 923. The maximum Gasteiger partial charge on any atom is 0.159 e. The van der Waals surface area contributed by atoms with Gasteiger partial charge in [0.2, 0.25) is 0 Å². The van der Waals surface area contributed by atoms with E-state index < -0.39 is 5.60 Å². The van der Waals surface area contributed by atoms with Gasteiger partial charge in [0, 0.05) is 29.5 Å². The SMILES string of the molecule is CCC(Cl)Nc1c(Cl)cnc2ccc(-c3cnc(C(C)(C)O)nc3)cc12. The fourth-order valence-electron chi connectivity index (χ4n) is 2.55. The summed E-state index contributed by atoms with van der Waals surface area (Å²) < 4.78 is 0. The zero-order valence-corrected chi connectivity index (χ0v) is 16.3. The van der Waals surface area contributed by atoms with Crippen LogP contribution in [0.15, 0.2) is 36.8 Å². The monoisotopic (exact) mass is 390 g/mol. The normalized spacial score (nSPS) is 13.0. The number of alkyl halides is 1. The Labute approximate surface area is 162 Å². The van der Waals surface area contributed by atoms with Gasteiger partial charge in [0.05, 0.1) is 16.2 Å². The molecular weight excluding hydrogens is 371 g/mol. The van der Waals surface area contributed by atoms with Gasteiger partial charge in [0.1, 0.15) is 11.1 Å². The lowest BCUT2D eigenvalue weighted by Gasteiger charge is -2.16. The quantitative estimate of drug-likeness (QED) is 0.475. The maximum atomic E-state index is 10.00. The summed E-state index contributed by atoms with van der Waals surface area (Å²) >= 11 is 12.6. The van der Waals surface area contributed by atoms with E-state index in [4.69, 9.17) is 23.2 Å². The summed E-state index contributed by atoms with van der Waals surface area (Å²) in [5.74, 6) is 0.377. The van der Waals surface area contributed by atoms with Crippen LogP contribution in [0.1, 0.15) is 33.0 Å². The molecule has 1 aromatic carbocycles. The molecule has 26 heavy (non-hydrogen) atoms. The van der Waals surface area contributed by atoms with Crippen molar-refractivity contribution in [1.82, 2.24) is 15.0 Å². The molecule has 0 aliphatic rings. The molecule has 1 unspecified atom stereocenters. The van der Waals surface area contributed by atoms with Gasteiger partial charge in [-0.2, -0.15) is 0 Å². The van der Waals surface area contributed by atoms with E-state index in [0.717, 1.165) is 34.1 Å². The zero-order valence-electron chi connectivity index (χ0n) is 14.8. The smallest absolute Gasteiger partial charge is 0.159 e. The number of rotatable bonds is 5. The Morgan fingerprint density at radius 3 is 2.42 bits per heavy atom. The van der Waals surface area contributed by atoms with E-state index >= 15 is 0 Å². The summed E-state index contributed by atoms with van der Waals surface area (Å²) in [4.78, 5) is 12.9. The first-order chi connectivity index (χ1) is 12.3. The topological polar surface area (TPSA) is 70.9 Å². The van der Waals surface area contributed by atoms with Gasteiger partial charge < -0.3 is 10.4 Å². The van der Waals surface area contributed by atoms with Gasteiger partial charge in [-0.15, -0.1) is 0 Å². The molecular formula is C19H20Cl2N4O. The van der Waals surface area contributed by atoms with E-state index in [1.165, 1.54) is 0 Å². The Balaban J connectivity index is 2.06. The summed E-state index contributed by atoms with van der Waals surface area (Å²) in [7, 11) is 0. The lowest BCUT2D eigenvalue weighted by Crippen LogP contribution is -2.19. The van der Waals surface area contributed by atoms with E-state index in [1.54, 1.807) is 32.4 Å². The van der Waals surface area contributed by atoms with Gasteiger partial charge in [0.15, 0.2) is 5.82 Å². The maximum absolute atomic E-state index is 10.00. The third-order valence-corrected chi connectivity index (χ3v) is 4.72. The molecule has 0 saturated heterocycles. The largest absolute Gasteiger partial charge is 0.382 e. The van der Waals surface area contributed by atoms with Crippen molar-refractivity contribution in [3.8, 4) is 11.1 Å². The summed E-state index contributed by atoms with van der Waals surface area (Å²) in [6, 6.07) is 5.86. The van der Waals surface area contributed by atoms with Crippen molar-refractivity contribution >= 4 is 39.8 Å². The fourth-order valence-corrected chi connectivity index (χ4v) is 2.86. The molecule has 0 spiro atoms. The van der Waals surface area contributed by atoms with Crippen LogP contribution in [0, 0.1) is 0 Å². The number of fused-ring (bicyclic) bond motifs is 1. The number of pyridine rings is 1. The first kappa shape index (κ1) is 18.8. The number of nitrogens with zero attached hydrogens (tertiary/aromatic N) is 3. The third kappa shape index (κ3) is 3.90. The number of nitrogens with one attached hydrogen (secondary N) is 1. The van der Waals surface area contributed by atoms with Gasteiger partial charge in [-0.25, -0.2) is 9.97 Å². The molecule has 136 valence electrons. The molecule has 5 nitrogen and oxygen atoms in total. The number of benzene rings is 1. The second kappa shape index (κ2) is 7.35. The zero-order chi connectivity index (χ0) is 18.9. The molecule has 3 rings (SSSR count). The van der Waals surface area contributed by atoms with Crippen LogP contribution < -0.4 is 5.32 Å². The number of hydrogen-bond donors (Lipinski definition) is 2. The van der Waals surface area contributed by atoms with Gasteiger partial charge in [-0.05, 0) is 38.0 Å². The molecule has 0 aliphatic heterocycles. The molecule has 0 bridgehead atoms. The molecule has 2 N–H and O–H groups in total. The van der Waals surface area contributed by atoms with Crippen LogP contribution in [0.2, 0.25) is 5.02 Å². The number of anilines is 1. The minimum absolute atomic E-state index is 0.226. The Morgan fingerprint density at radius 2 is 1.81 bits per heavy atom.